The highest BCUT2D eigenvalue weighted by Gasteiger charge is 2.32. The van der Waals surface area contributed by atoms with Gasteiger partial charge in [0.05, 0.1) is 13.8 Å². The number of rotatable bonds is 1. The second-order valence-electron chi connectivity index (χ2n) is 5.48. The van der Waals surface area contributed by atoms with Crippen LogP contribution in [0.25, 0.3) is 11.3 Å². The van der Waals surface area contributed by atoms with Gasteiger partial charge in [-0.3, -0.25) is 4.98 Å². The summed E-state index contributed by atoms with van der Waals surface area (Å²) in [5.41, 5.74) is 3.88. The predicted octanol–water partition coefficient (Wildman–Crippen LogP) is 3.22. The van der Waals surface area contributed by atoms with Gasteiger partial charge in [-0.05, 0) is 29.3 Å². The molecule has 0 bridgehead atoms. The fourth-order valence-electron chi connectivity index (χ4n) is 2.66. The molecule has 1 nitrogen and oxygen atoms in total. The fourth-order valence-corrected chi connectivity index (χ4v) is 5.31. The van der Waals surface area contributed by atoms with Crippen LogP contribution < -0.4 is 5.19 Å². The molecule has 1 aliphatic heterocycles. The highest BCUT2D eigenvalue weighted by atomic mass is 28.3. The monoisotopic (exact) mass is 239 g/mol. The summed E-state index contributed by atoms with van der Waals surface area (Å²) in [4.78, 5) is 4.65. The molecule has 0 saturated carbocycles. The molecule has 0 N–H and O–H groups in total. The summed E-state index contributed by atoms with van der Waals surface area (Å²) in [5, 5.41) is 1.57. The minimum atomic E-state index is -1.15. The van der Waals surface area contributed by atoms with E-state index in [1.165, 1.54) is 23.6 Å². The summed E-state index contributed by atoms with van der Waals surface area (Å²) >= 11 is 0. The van der Waals surface area contributed by atoms with Crippen molar-refractivity contribution in [3.63, 3.8) is 0 Å². The molecule has 0 fully saturated rings. The smallest absolute Gasteiger partial charge is 0.0833 e. The Kier molecular flexibility index (Phi) is 2.40. The topological polar surface area (TPSA) is 12.9 Å². The Hall–Kier alpha value is -1.41. The molecule has 86 valence electrons. The van der Waals surface area contributed by atoms with Crippen LogP contribution in [0.15, 0.2) is 42.6 Å². The summed E-state index contributed by atoms with van der Waals surface area (Å²) < 4.78 is 0. The molecule has 0 radical (unpaired) electrons. The van der Waals surface area contributed by atoms with E-state index >= 15 is 0 Å². The summed E-state index contributed by atoms with van der Waals surface area (Å²) in [5.74, 6) is 0. The van der Waals surface area contributed by atoms with Crippen molar-refractivity contribution in [1.29, 1.82) is 0 Å². The first kappa shape index (κ1) is 10.7. The van der Waals surface area contributed by atoms with E-state index in [0.717, 1.165) is 5.69 Å². The molecule has 2 heteroatoms. The maximum Gasteiger partial charge on any atom is 0.0833 e. The van der Waals surface area contributed by atoms with Crippen molar-refractivity contribution in [2.24, 2.45) is 0 Å². The number of fused-ring (bicyclic) bond motifs is 1. The lowest BCUT2D eigenvalue weighted by molar-refractivity contribution is 1.15. The minimum Gasteiger partial charge on any atom is -0.256 e. The predicted molar refractivity (Wildman–Crippen MR) is 75.3 cm³/mol. The number of nitrogens with zero attached hydrogens (tertiary/aromatic N) is 1. The lowest BCUT2D eigenvalue weighted by atomic mass is 10.1. The number of aryl methyl sites for hydroxylation is 1. The quantitative estimate of drug-likeness (QED) is 0.696. The maximum absolute atomic E-state index is 4.65. The van der Waals surface area contributed by atoms with Gasteiger partial charge >= 0.3 is 0 Å². The zero-order valence-electron chi connectivity index (χ0n) is 10.4. The molecule has 0 unspecified atom stereocenters. The summed E-state index contributed by atoms with van der Waals surface area (Å²) in [6, 6.07) is 14.1. The summed E-state index contributed by atoms with van der Waals surface area (Å²) in [7, 11) is -1.15. The van der Waals surface area contributed by atoms with Crippen molar-refractivity contribution >= 4 is 13.3 Å². The molecule has 2 heterocycles. The average molecular weight is 239 g/mol. The van der Waals surface area contributed by atoms with Crippen molar-refractivity contribution < 1.29 is 0 Å². The van der Waals surface area contributed by atoms with Crippen LogP contribution in [-0.2, 0) is 6.42 Å². The molecule has 1 aromatic heterocycles. The zero-order valence-corrected chi connectivity index (χ0v) is 11.4. The van der Waals surface area contributed by atoms with E-state index in [0.29, 0.717) is 0 Å². The van der Waals surface area contributed by atoms with Crippen LogP contribution in [0.5, 0.6) is 0 Å². The van der Waals surface area contributed by atoms with Crippen LogP contribution in [0.2, 0.25) is 19.1 Å². The van der Waals surface area contributed by atoms with Crippen LogP contribution >= 0.6 is 0 Å². The third-order valence-electron chi connectivity index (χ3n) is 3.81. The van der Waals surface area contributed by atoms with Gasteiger partial charge in [-0.2, -0.15) is 0 Å². The van der Waals surface area contributed by atoms with E-state index < -0.39 is 8.07 Å². The van der Waals surface area contributed by atoms with E-state index in [2.05, 4.69) is 54.6 Å². The van der Waals surface area contributed by atoms with Gasteiger partial charge in [0.15, 0.2) is 0 Å². The Morgan fingerprint density at radius 1 is 1.12 bits per heavy atom. The lowest BCUT2D eigenvalue weighted by Crippen LogP contribution is -2.37. The van der Waals surface area contributed by atoms with E-state index in [1.54, 1.807) is 5.19 Å². The zero-order chi connectivity index (χ0) is 11.9. The van der Waals surface area contributed by atoms with Crippen LogP contribution in [0.3, 0.4) is 0 Å². The highest BCUT2D eigenvalue weighted by molar-refractivity contribution is 6.91. The van der Waals surface area contributed by atoms with Gasteiger partial charge in [-0.15, -0.1) is 0 Å². The molecule has 1 aliphatic rings. The van der Waals surface area contributed by atoms with Gasteiger partial charge in [0, 0.05) is 11.8 Å². The number of aromatic nitrogens is 1. The molecule has 2 aromatic rings. The molecule has 0 spiro atoms. The van der Waals surface area contributed by atoms with Gasteiger partial charge in [0.25, 0.3) is 0 Å². The summed E-state index contributed by atoms with van der Waals surface area (Å²) in [6.45, 7) is 4.89. The molecule has 1 aromatic carbocycles. The SMILES string of the molecule is C[Si]1(C)CCc2cc(-c3ccccc3)ncc21. The Morgan fingerprint density at radius 3 is 2.65 bits per heavy atom. The Labute approximate surface area is 104 Å². The molecule has 0 amide bonds. The Bertz CT molecular complexity index is 546. The van der Waals surface area contributed by atoms with E-state index in [4.69, 9.17) is 0 Å². The third kappa shape index (κ3) is 1.82. The second-order valence-corrected chi connectivity index (χ2v) is 10.3. The molecule has 3 rings (SSSR count). The van der Waals surface area contributed by atoms with Crippen molar-refractivity contribution in [2.45, 2.75) is 25.6 Å². The standard InChI is InChI=1S/C15H17NSi/c1-17(2)9-8-13-10-14(16-11-15(13)17)12-6-4-3-5-7-12/h3-7,10-11H,8-9H2,1-2H3. The molecule has 17 heavy (non-hydrogen) atoms. The van der Waals surface area contributed by atoms with Crippen LogP contribution in [0.1, 0.15) is 5.56 Å². The number of hydrogen-bond acceptors (Lipinski definition) is 1. The first-order chi connectivity index (χ1) is 8.17. The van der Waals surface area contributed by atoms with Crippen molar-refractivity contribution in [2.75, 3.05) is 0 Å². The van der Waals surface area contributed by atoms with Gasteiger partial charge in [0.2, 0.25) is 0 Å². The first-order valence-electron chi connectivity index (χ1n) is 6.22. The van der Waals surface area contributed by atoms with Crippen LogP contribution in [-0.4, -0.2) is 13.1 Å². The van der Waals surface area contributed by atoms with Gasteiger partial charge < -0.3 is 0 Å². The number of hydrogen-bond donors (Lipinski definition) is 0. The molecular formula is C15H17NSi. The normalized spacial score (nSPS) is 16.8. The number of benzene rings is 1. The van der Waals surface area contributed by atoms with E-state index in [1.807, 2.05) is 6.07 Å². The first-order valence-corrected chi connectivity index (χ1v) is 9.42. The van der Waals surface area contributed by atoms with E-state index in [-0.39, 0.29) is 0 Å². The van der Waals surface area contributed by atoms with Crippen molar-refractivity contribution in [1.82, 2.24) is 4.98 Å². The average Bonchev–Trinajstić information content (AvgIpc) is 2.66. The molecular weight excluding hydrogens is 222 g/mol. The maximum atomic E-state index is 4.65. The van der Waals surface area contributed by atoms with Crippen molar-refractivity contribution in [3.8, 4) is 11.3 Å². The molecule has 0 saturated heterocycles. The number of pyridine rings is 1. The van der Waals surface area contributed by atoms with Crippen LogP contribution in [0.4, 0.5) is 0 Å². The second kappa shape index (κ2) is 3.81. The van der Waals surface area contributed by atoms with Gasteiger partial charge in [0.1, 0.15) is 0 Å². The molecule has 0 atom stereocenters. The third-order valence-corrected chi connectivity index (χ3v) is 7.22. The fraction of sp³-hybridized carbons (Fsp3) is 0.267. The minimum absolute atomic E-state index is 1.12. The van der Waals surface area contributed by atoms with Crippen molar-refractivity contribution in [3.05, 3.63) is 48.2 Å². The Morgan fingerprint density at radius 2 is 1.88 bits per heavy atom. The largest absolute Gasteiger partial charge is 0.256 e. The highest BCUT2D eigenvalue weighted by Crippen LogP contribution is 2.26. The van der Waals surface area contributed by atoms with Crippen LogP contribution in [0, 0.1) is 0 Å². The molecule has 0 aliphatic carbocycles. The Balaban J connectivity index is 2.07. The van der Waals surface area contributed by atoms with Gasteiger partial charge in [-0.25, -0.2) is 0 Å². The van der Waals surface area contributed by atoms with Gasteiger partial charge in [-0.1, -0.05) is 43.4 Å². The summed E-state index contributed by atoms with van der Waals surface area (Å²) in [6.07, 6.45) is 3.38. The lowest BCUT2D eigenvalue weighted by Gasteiger charge is -2.15. The van der Waals surface area contributed by atoms with E-state index in [9.17, 15) is 0 Å².